The highest BCUT2D eigenvalue weighted by Gasteiger charge is 2.21. The molecule has 2 aromatic rings. The molecule has 0 bridgehead atoms. The van der Waals surface area contributed by atoms with Gasteiger partial charge in [-0.25, -0.2) is 0 Å². The molecule has 0 aliphatic heterocycles. The molecule has 5 heteroatoms. The number of ether oxygens (including phenoxy) is 1. The van der Waals surface area contributed by atoms with Gasteiger partial charge in [-0.3, -0.25) is 0 Å². The van der Waals surface area contributed by atoms with Gasteiger partial charge in [-0.05, 0) is 37.1 Å². The van der Waals surface area contributed by atoms with E-state index in [1.54, 1.807) is 43.3 Å². The Morgan fingerprint density at radius 3 is 2.20 bits per heavy atom. The summed E-state index contributed by atoms with van der Waals surface area (Å²) in [5.74, 6) is 0.803. The molecule has 0 aromatic heterocycles. The van der Waals surface area contributed by atoms with Crippen molar-refractivity contribution in [1.29, 1.82) is 0 Å². The third-order valence-electron chi connectivity index (χ3n) is 2.91. The van der Waals surface area contributed by atoms with Crippen molar-refractivity contribution in [3.8, 4) is 11.5 Å². The molecule has 0 N–H and O–H groups in total. The summed E-state index contributed by atoms with van der Waals surface area (Å²) in [4.78, 5) is 0.115. The second kappa shape index (κ2) is 5.54. The van der Waals surface area contributed by atoms with Crippen LogP contribution < -0.4 is 8.92 Å². The van der Waals surface area contributed by atoms with Crippen molar-refractivity contribution in [3.05, 3.63) is 53.6 Å². The molecule has 0 atom stereocenters. The molecule has 2 aromatic carbocycles. The molecule has 0 heterocycles. The van der Waals surface area contributed by atoms with Gasteiger partial charge in [0.05, 0.1) is 7.11 Å². The van der Waals surface area contributed by atoms with Gasteiger partial charge < -0.3 is 8.92 Å². The van der Waals surface area contributed by atoms with Gasteiger partial charge in [-0.15, -0.1) is 0 Å². The summed E-state index contributed by atoms with van der Waals surface area (Å²) in [5.41, 5.74) is 1.50. The number of para-hydroxylation sites is 1. The van der Waals surface area contributed by atoms with Gasteiger partial charge in [-0.2, -0.15) is 8.42 Å². The van der Waals surface area contributed by atoms with Crippen LogP contribution >= 0.6 is 0 Å². The Bertz CT molecular complexity index is 706. The highest BCUT2D eigenvalue weighted by molar-refractivity contribution is 7.87. The molecule has 0 saturated carbocycles. The zero-order chi connectivity index (χ0) is 14.8. The van der Waals surface area contributed by atoms with E-state index in [1.165, 1.54) is 13.2 Å². The number of hydrogen-bond acceptors (Lipinski definition) is 4. The van der Waals surface area contributed by atoms with E-state index >= 15 is 0 Å². The molecule has 0 aliphatic carbocycles. The Balaban J connectivity index is 2.44. The van der Waals surface area contributed by atoms with Crippen LogP contribution in [0.15, 0.2) is 47.4 Å². The third-order valence-corrected chi connectivity index (χ3v) is 4.30. The van der Waals surface area contributed by atoms with Crippen LogP contribution in [0, 0.1) is 13.8 Å². The Labute approximate surface area is 119 Å². The fraction of sp³-hybridized carbons (Fsp3) is 0.200. The third kappa shape index (κ3) is 2.93. The van der Waals surface area contributed by atoms with Gasteiger partial charge in [0.1, 0.15) is 16.4 Å². The largest absolute Gasteiger partial charge is 0.496 e. The van der Waals surface area contributed by atoms with Crippen molar-refractivity contribution < 1.29 is 17.3 Å². The van der Waals surface area contributed by atoms with E-state index in [9.17, 15) is 8.42 Å². The smallest absolute Gasteiger partial charge is 0.339 e. The normalized spacial score (nSPS) is 11.2. The first-order valence-corrected chi connectivity index (χ1v) is 7.49. The fourth-order valence-corrected chi connectivity index (χ4v) is 3.11. The molecule has 0 unspecified atom stereocenters. The molecule has 0 saturated heterocycles. The van der Waals surface area contributed by atoms with Gasteiger partial charge in [0, 0.05) is 6.07 Å². The van der Waals surface area contributed by atoms with Gasteiger partial charge in [-0.1, -0.05) is 24.3 Å². The number of rotatable bonds is 4. The van der Waals surface area contributed by atoms with Crippen LogP contribution in [-0.4, -0.2) is 15.5 Å². The van der Waals surface area contributed by atoms with E-state index in [-0.39, 0.29) is 10.6 Å². The first kappa shape index (κ1) is 14.4. The van der Waals surface area contributed by atoms with Crippen molar-refractivity contribution in [2.75, 3.05) is 7.11 Å². The van der Waals surface area contributed by atoms with Crippen LogP contribution in [0.5, 0.6) is 11.5 Å². The lowest BCUT2D eigenvalue weighted by Gasteiger charge is -2.12. The van der Waals surface area contributed by atoms with Crippen molar-refractivity contribution in [2.24, 2.45) is 0 Å². The minimum Gasteiger partial charge on any atom is -0.496 e. The van der Waals surface area contributed by atoms with Crippen LogP contribution in [0.25, 0.3) is 0 Å². The van der Waals surface area contributed by atoms with Gasteiger partial charge in [0.2, 0.25) is 0 Å². The molecule has 106 valence electrons. The van der Waals surface area contributed by atoms with Crippen LogP contribution in [0.3, 0.4) is 0 Å². The SMILES string of the molecule is COc1cc(S(=O)(=O)Oc2ccccc2)c(C)cc1C. The van der Waals surface area contributed by atoms with Crippen molar-refractivity contribution >= 4 is 10.1 Å². The van der Waals surface area contributed by atoms with E-state index in [0.29, 0.717) is 11.3 Å². The Kier molecular flexibility index (Phi) is 3.99. The molecule has 20 heavy (non-hydrogen) atoms. The quantitative estimate of drug-likeness (QED) is 0.813. The van der Waals surface area contributed by atoms with E-state index in [0.717, 1.165) is 5.56 Å². The Hall–Kier alpha value is -2.01. The van der Waals surface area contributed by atoms with E-state index in [4.69, 9.17) is 8.92 Å². The lowest BCUT2D eigenvalue weighted by Crippen LogP contribution is -2.11. The first-order chi connectivity index (χ1) is 9.44. The summed E-state index contributed by atoms with van der Waals surface area (Å²) in [6.07, 6.45) is 0. The molecule has 0 aliphatic rings. The summed E-state index contributed by atoms with van der Waals surface area (Å²) in [7, 11) is -2.37. The van der Waals surface area contributed by atoms with Crippen LogP contribution in [0.2, 0.25) is 0 Å². The second-order valence-corrected chi connectivity index (χ2v) is 5.95. The molecule has 0 radical (unpaired) electrons. The van der Waals surface area contributed by atoms with Gasteiger partial charge in [0.25, 0.3) is 0 Å². The monoisotopic (exact) mass is 292 g/mol. The molecular formula is C15H16O4S. The lowest BCUT2D eigenvalue weighted by atomic mass is 10.1. The van der Waals surface area contributed by atoms with Crippen LogP contribution in [-0.2, 0) is 10.1 Å². The molecule has 4 nitrogen and oxygen atoms in total. The van der Waals surface area contributed by atoms with E-state index in [1.807, 2.05) is 6.92 Å². The van der Waals surface area contributed by atoms with Crippen molar-refractivity contribution in [2.45, 2.75) is 18.7 Å². The zero-order valence-corrected chi connectivity index (χ0v) is 12.4. The second-order valence-electron chi connectivity index (χ2n) is 4.44. The van der Waals surface area contributed by atoms with Crippen LogP contribution in [0.1, 0.15) is 11.1 Å². The highest BCUT2D eigenvalue weighted by Crippen LogP contribution is 2.27. The average Bonchev–Trinajstić information content (AvgIpc) is 2.39. The van der Waals surface area contributed by atoms with Crippen molar-refractivity contribution in [3.63, 3.8) is 0 Å². The fourth-order valence-electron chi connectivity index (χ4n) is 1.95. The predicted molar refractivity (Wildman–Crippen MR) is 76.7 cm³/mol. The Morgan fingerprint density at radius 2 is 1.60 bits per heavy atom. The number of aryl methyl sites for hydroxylation is 2. The summed E-state index contributed by atoms with van der Waals surface area (Å²) in [5, 5.41) is 0. The highest BCUT2D eigenvalue weighted by atomic mass is 32.2. The molecule has 0 spiro atoms. The summed E-state index contributed by atoms with van der Waals surface area (Å²) in [6.45, 7) is 3.59. The van der Waals surface area contributed by atoms with E-state index < -0.39 is 10.1 Å². The Morgan fingerprint density at radius 1 is 0.950 bits per heavy atom. The van der Waals surface area contributed by atoms with Crippen LogP contribution in [0.4, 0.5) is 0 Å². The predicted octanol–water partition coefficient (Wildman–Crippen LogP) is 3.08. The summed E-state index contributed by atoms with van der Waals surface area (Å²) in [6, 6.07) is 11.7. The maximum Gasteiger partial charge on any atom is 0.339 e. The average molecular weight is 292 g/mol. The number of methoxy groups -OCH3 is 1. The minimum atomic E-state index is -3.87. The van der Waals surface area contributed by atoms with Gasteiger partial charge in [0.15, 0.2) is 0 Å². The standard InChI is InChI=1S/C15H16O4S/c1-11-9-12(2)15(10-14(11)18-3)20(16,17)19-13-7-5-4-6-8-13/h4-10H,1-3H3. The summed E-state index contributed by atoms with van der Waals surface area (Å²) >= 11 is 0. The lowest BCUT2D eigenvalue weighted by molar-refractivity contribution is 0.409. The zero-order valence-electron chi connectivity index (χ0n) is 11.6. The van der Waals surface area contributed by atoms with Gasteiger partial charge >= 0.3 is 10.1 Å². The first-order valence-electron chi connectivity index (χ1n) is 6.09. The van der Waals surface area contributed by atoms with E-state index in [2.05, 4.69) is 0 Å². The number of hydrogen-bond donors (Lipinski definition) is 0. The van der Waals surface area contributed by atoms with Crippen molar-refractivity contribution in [1.82, 2.24) is 0 Å². The topological polar surface area (TPSA) is 52.6 Å². The summed E-state index contributed by atoms with van der Waals surface area (Å²) < 4.78 is 34.9. The maximum absolute atomic E-state index is 12.3. The number of benzene rings is 2. The molecule has 0 amide bonds. The maximum atomic E-state index is 12.3. The molecule has 0 fully saturated rings. The minimum absolute atomic E-state index is 0.115. The molecule has 2 rings (SSSR count). The molecular weight excluding hydrogens is 276 g/mol.